The van der Waals surface area contributed by atoms with Gasteiger partial charge in [-0.15, -0.1) is 10.1 Å². The largest absolute Gasteiger partial charge is 0.497 e. The SMILES string of the molecule is COc1ccc2cc(C(C)C(=O)SC[C@@H](NC(C)=O)C(=O)OCCCCO[N+](=O)[O-])ccc2c1. The van der Waals surface area contributed by atoms with E-state index in [-0.39, 0.29) is 24.1 Å². The fourth-order valence-corrected chi connectivity index (χ4v) is 4.03. The Morgan fingerprint density at radius 2 is 1.76 bits per heavy atom. The van der Waals surface area contributed by atoms with E-state index >= 15 is 0 Å². The number of hydrogen-bond acceptors (Lipinski definition) is 9. The van der Waals surface area contributed by atoms with Crippen LogP contribution in [0.3, 0.4) is 0 Å². The van der Waals surface area contributed by atoms with Crippen LogP contribution in [0.4, 0.5) is 0 Å². The molecular formula is C23H28N2O8S. The Morgan fingerprint density at radius 3 is 2.44 bits per heavy atom. The van der Waals surface area contributed by atoms with Crippen molar-refractivity contribution in [3.8, 4) is 5.75 Å². The van der Waals surface area contributed by atoms with E-state index in [4.69, 9.17) is 9.47 Å². The summed E-state index contributed by atoms with van der Waals surface area (Å²) < 4.78 is 10.4. The molecule has 10 nitrogen and oxygen atoms in total. The van der Waals surface area contributed by atoms with Crippen molar-refractivity contribution in [2.24, 2.45) is 0 Å². The van der Waals surface area contributed by atoms with Crippen LogP contribution >= 0.6 is 11.8 Å². The van der Waals surface area contributed by atoms with Crippen LogP contribution in [0, 0.1) is 10.1 Å². The summed E-state index contributed by atoms with van der Waals surface area (Å²) in [6.07, 6.45) is 0.700. The molecule has 2 aromatic carbocycles. The van der Waals surface area contributed by atoms with Crippen molar-refractivity contribution in [3.05, 3.63) is 52.1 Å². The zero-order valence-corrected chi connectivity index (χ0v) is 20.1. The topological polar surface area (TPSA) is 134 Å². The van der Waals surface area contributed by atoms with E-state index in [1.54, 1.807) is 14.0 Å². The molecule has 1 N–H and O–H groups in total. The number of hydrogen-bond donors (Lipinski definition) is 1. The van der Waals surface area contributed by atoms with Gasteiger partial charge in [0.1, 0.15) is 11.8 Å². The quantitative estimate of drug-likeness (QED) is 0.193. The summed E-state index contributed by atoms with van der Waals surface area (Å²) in [5.74, 6) is -0.741. The van der Waals surface area contributed by atoms with E-state index in [1.807, 2.05) is 36.4 Å². The van der Waals surface area contributed by atoms with E-state index in [2.05, 4.69) is 10.2 Å². The molecule has 0 aliphatic heterocycles. The third-order valence-corrected chi connectivity index (χ3v) is 6.10. The maximum absolute atomic E-state index is 12.8. The Kier molecular flexibility index (Phi) is 10.6. The number of methoxy groups -OCH3 is 1. The number of nitrogens with zero attached hydrogens (tertiary/aromatic N) is 1. The number of thioether (sulfide) groups is 1. The number of amides is 1. The Bertz CT molecular complexity index is 1030. The van der Waals surface area contributed by atoms with Crippen molar-refractivity contribution in [3.63, 3.8) is 0 Å². The van der Waals surface area contributed by atoms with E-state index in [1.165, 1.54) is 6.92 Å². The predicted octanol–water partition coefficient (Wildman–Crippen LogP) is 3.25. The lowest BCUT2D eigenvalue weighted by atomic mass is 9.99. The number of carbonyl (C=O) groups is 3. The molecule has 1 amide bonds. The summed E-state index contributed by atoms with van der Waals surface area (Å²) >= 11 is 0.950. The van der Waals surface area contributed by atoms with E-state index < -0.39 is 28.9 Å². The van der Waals surface area contributed by atoms with Crippen LogP contribution in [0.2, 0.25) is 0 Å². The van der Waals surface area contributed by atoms with E-state index in [0.717, 1.165) is 33.8 Å². The second-order valence-corrected chi connectivity index (χ2v) is 8.53. The van der Waals surface area contributed by atoms with Gasteiger partial charge in [-0.2, -0.15) is 0 Å². The van der Waals surface area contributed by atoms with Gasteiger partial charge in [0.2, 0.25) is 5.91 Å². The van der Waals surface area contributed by atoms with Crippen LogP contribution in [0.5, 0.6) is 5.75 Å². The number of esters is 1. The fraction of sp³-hybridized carbons (Fsp3) is 0.435. The highest BCUT2D eigenvalue weighted by molar-refractivity contribution is 8.13. The summed E-state index contributed by atoms with van der Waals surface area (Å²) in [5.41, 5.74) is 0.839. The van der Waals surface area contributed by atoms with Crippen LogP contribution in [0.1, 0.15) is 38.2 Å². The third-order valence-electron chi connectivity index (χ3n) is 4.96. The molecule has 184 valence electrons. The van der Waals surface area contributed by atoms with Gasteiger partial charge in [-0.05, 0) is 41.3 Å². The lowest BCUT2D eigenvalue weighted by Crippen LogP contribution is -2.43. The lowest BCUT2D eigenvalue weighted by molar-refractivity contribution is -0.757. The maximum Gasteiger partial charge on any atom is 0.329 e. The first-order valence-electron chi connectivity index (χ1n) is 10.7. The Hall–Kier alpha value is -3.34. The smallest absolute Gasteiger partial charge is 0.329 e. The molecule has 0 fully saturated rings. The fourth-order valence-electron chi connectivity index (χ4n) is 3.10. The molecule has 0 heterocycles. The zero-order chi connectivity index (χ0) is 25.1. The molecule has 0 bridgehead atoms. The average Bonchev–Trinajstić information content (AvgIpc) is 2.81. The summed E-state index contributed by atoms with van der Waals surface area (Å²) in [6, 6.07) is 10.5. The summed E-state index contributed by atoms with van der Waals surface area (Å²) in [4.78, 5) is 50.9. The van der Waals surface area contributed by atoms with Gasteiger partial charge >= 0.3 is 5.97 Å². The number of benzene rings is 2. The highest BCUT2D eigenvalue weighted by atomic mass is 32.2. The van der Waals surface area contributed by atoms with Gasteiger partial charge in [-0.3, -0.25) is 9.59 Å². The van der Waals surface area contributed by atoms with Gasteiger partial charge in [0, 0.05) is 12.7 Å². The van der Waals surface area contributed by atoms with Crippen molar-refractivity contribution in [1.82, 2.24) is 5.32 Å². The van der Waals surface area contributed by atoms with Gasteiger partial charge in [-0.25, -0.2) is 4.79 Å². The lowest BCUT2D eigenvalue weighted by Gasteiger charge is -2.17. The van der Waals surface area contributed by atoms with E-state index in [0.29, 0.717) is 12.8 Å². The van der Waals surface area contributed by atoms with Crippen molar-refractivity contribution >= 4 is 39.5 Å². The molecule has 0 radical (unpaired) electrons. The molecule has 0 saturated carbocycles. The van der Waals surface area contributed by atoms with Gasteiger partial charge in [0.25, 0.3) is 5.09 Å². The summed E-state index contributed by atoms with van der Waals surface area (Å²) in [7, 11) is 1.60. The number of nitrogens with one attached hydrogen (secondary N) is 1. The Balaban J connectivity index is 1.91. The minimum absolute atomic E-state index is 0.0207. The van der Waals surface area contributed by atoms with Gasteiger partial charge < -0.3 is 19.6 Å². The number of carbonyl (C=O) groups excluding carboxylic acids is 3. The van der Waals surface area contributed by atoms with Gasteiger partial charge in [0.15, 0.2) is 5.12 Å². The zero-order valence-electron chi connectivity index (χ0n) is 19.3. The first-order valence-corrected chi connectivity index (χ1v) is 11.6. The number of fused-ring (bicyclic) bond motifs is 1. The van der Waals surface area contributed by atoms with Crippen molar-refractivity contribution < 1.29 is 33.8 Å². The van der Waals surface area contributed by atoms with Crippen molar-refractivity contribution in [1.29, 1.82) is 0 Å². The van der Waals surface area contributed by atoms with Crippen LogP contribution < -0.4 is 10.1 Å². The molecule has 1 unspecified atom stereocenters. The monoisotopic (exact) mass is 492 g/mol. The Morgan fingerprint density at radius 1 is 1.09 bits per heavy atom. The molecule has 34 heavy (non-hydrogen) atoms. The van der Waals surface area contributed by atoms with Crippen LogP contribution in [-0.2, 0) is 24.0 Å². The number of unbranched alkanes of at least 4 members (excludes halogenated alkanes) is 1. The third kappa shape index (κ3) is 8.54. The maximum atomic E-state index is 12.8. The predicted molar refractivity (Wildman–Crippen MR) is 127 cm³/mol. The number of ether oxygens (including phenoxy) is 2. The first-order chi connectivity index (χ1) is 16.2. The molecule has 0 aliphatic carbocycles. The molecular weight excluding hydrogens is 464 g/mol. The van der Waals surface area contributed by atoms with Crippen molar-refractivity contribution in [2.45, 2.75) is 38.6 Å². The normalized spacial score (nSPS) is 12.4. The summed E-state index contributed by atoms with van der Waals surface area (Å²) in [6.45, 7) is 2.99. The standard InChI is InChI=1S/C23H28N2O8S/c1-15(17-6-7-19-13-20(31-3)9-8-18(19)12-17)23(28)34-14-21(24-16(2)26)22(27)32-10-4-5-11-33-25(29)30/h6-9,12-13,15,21H,4-5,10-11,14H2,1-3H3,(H,24,26)/t15?,21-/m1/s1. The van der Waals surface area contributed by atoms with Crippen LogP contribution in [0.25, 0.3) is 10.8 Å². The first kappa shape index (κ1) is 26.9. The highest BCUT2D eigenvalue weighted by Gasteiger charge is 2.25. The second kappa shape index (κ2) is 13.4. The summed E-state index contributed by atoms with van der Waals surface area (Å²) in [5, 5.41) is 13.5. The van der Waals surface area contributed by atoms with E-state index in [9.17, 15) is 24.5 Å². The number of rotatable bonds is 13. The second-order valence-electron chi connectivity index (χ2n) is 7.51. The van der Waals surface area contributed by atoms with Crippen LogP contribution in [0.15, 0.2) is 36.4 Å². The van der Waals surface area contributed by atoms with Crippen molar-refractivity contribution in [2.75, 3.05) is 26.1 Å². The minimum Gasteiger partial charge on any atom is -0.497 e. The molecule has 0 spiro atoms. The van der Waals surface area contributed by atoms with Gasteiger partial charge in [0.05, 0.1) is 26.2 Å². The minimum atomic E-state index is -0.988. The average molecular weight is 493 g/mol. The highest BCUT2D eigenvalue weighted by Crippen LogP contribution is 2.28. The molecule has 0 aliphatic rings. The molecule has 0 aromatic heterocycles. The molecule has 2 rings (SSSR count). The molecule has 0 saturated heterocycles. The van der Waals surface area contributed by atoms with Gasteiger partial charge in [-0.1, -0.05) is 43.0 Å². The Labute approximate surface area is 201 Å². The molecule has 11 heteroatoms. The molecule has 2 aromatic rings. The van der Waals surface area contributed by atoms with Crippen LogP contribution in [-0.4, -0.2) is 54.2 Å². The molecule has 2 atom stereocenters.